The molecule has 0 unspecified atom stereocenters. The number of sulfonamides is 2. The van der Waals surface area contributed by atoms with Crippen LogP contribution in [0.2, 0.25) is 5.02 Å². The molecule has 4 aromatic rings. The van der Waals surface area contributed by atoms with Gasteiger partial charge in [0.05, 0.1) is 39.2 Å². The summed E-state index contributed by atoms with van der Waals surface area (Å²) in [6.45, 7) is 0. The zero-order chi connectivity index (χ0) is 24.7. The second-order valence-corrected chi connectivity index (χ2v) is 12.0. The summed E-state index contributed by atoms with van der Waals surface area (Å²) < 4.78 is 63.2. The number of anilines is 2. The third kappa shape index (κ3) is 4.75. The molecule has 4 rings (SSSR count). The van der Waals surface area contributed by atoms with E-state index in [9.17, 15) is 21.6 Å². The zero-order valence-electron chi connectivity index (χ0n) is 17.8. The number of nitrogens with zero attached hydrogens (tertiary/aromatic N) is 1. The van der Waals surface area contributed by atoms with Gasteiger partial charge in [-0.2, -0.15) is 0 Å². The Morgan fingerprint density at radius 3 is 2.26 bits per heavy atom. The van der Waals surface area contributed by atoms with Gasteiger partial charge in [0.25, 0.3) is 24.8 Å². The molecule has 0 saturated carbocycles. The lowest BCUT2D eigenvalue weighted by atomic mass is 10.2. The van der Waals surface area contributed by atoms with Crippen LogP contribution in [0.4, 0.5) is 11.4 Å². The lowest BCUT2D eigenvalue weighted by Crippen LogP contribution is -2.18. The minimum absolute atomic E-state index is 0.0386. The number of fused-ring (bicyclic) bond motifs is 1. The summed E-state index contributed by atoms with van der Waals surface area (Å²) in [5.41, 5.74) is 0.476. The topological polar surface area (TPSA) is 124 Å². The first-order valence-electron chi connectivity index (χ1n) is 9.59. The highest BCUT2D eigenvalue weighted by atomic mass is 35.5. The average Bonchev–Trinajstić information content (AvgIpc) is 3.08. The van der Waals surface area contributed by atoms with E-state index in [2.05, 4.69) is 9.44 Å². The molecule has 0 spiro atoms. The maximum atomic E-state index is 13.1. The van der Waals surface area contributed by atoms with Crippen LogP contribution in [0, 0.1) is 0 Å². The van der Waals surface area contributed by atoms with Gasteiger partial charge in [0.1, 0.15) is 5.75 Å². The fourth-order valence-corrected chi connectivity index (χ4v) is 6.36. The molecule has 2 N–H and O–H groups in total. The number of hydrogen-bond donors (Lipinski definition) is 2. The van der Waals surface area contributed by atoms with Gasteiger partial charge < -0.3 is 4.74 Å². The SMILES string of the molecule is COc1cccc(S(=O)(=O)Nc2ccc(Cl)cc2NS(=O)(=O)c2ccc3c(c2)c(=O)sn3C)c1. The average molecular weight is 540 g/mol. The van der Waals surface area contributed by atoms with Gasteiger partial charge in [-0.05, 0) is 60.1 Å². The summed E-state index contributed by atoms with van der Waals surface area (Å²) >= 11 is 7.01. The van der Waals surface area contributed by atoms with E-state index < -0.39 is 20.0 Å². The fourth-order valence-electron chi connectivity index (χ4n) is 3.21. The van der Waals surface area contributed by atoms with E-state index in [4.69, 9.17) is 16.3 Å². The molecule has 1 heterocycles. The molecule has 0 atom stereocenters. The molecule has 0 saturated heterocycles. The van der Waals surface area contributed by atoms with Gasteiger partial charge in [0.2, 0.25) is 0 Å². The number of ether oxygens (including phenoxy) is 1. The zero-order valence-corrected chi connectivity index (χ0v) is 21.0. The normalized spacial score (nSPS) is 12.0. The molecule has 0 aliphatic rings. The molecular formula is C21H18ClN3O6S3. The van der Waals surface area contributed by atoms with E-state index in [0.29, 0.717) is 11.3 Å². The molecule has 9 nitrogen and oxygen atoms in total. The Bertz CT molecular complexity index is 1680. The minimum Gasteiger partial charge on any atom is -0.497 e. The fraction of sp³-hybridized carbons (Fsp3) is 0.0952. The second kappa shape index (κ2) is 8.95. The Hall–Kier alpha value is -3.06. The molecular weight excluding hydrogens is 522 g/mol. The Balaban J connectivity index is 1.71. The van der Waals surface area contributed by atoms with Crippen molar-refractivity contribution in [1.82, 2.24) is 3.96 Å². The summed E-state index contributed by atoms with van der Waals surface area (Å²) in [5, 5.41) is 0.449. The first-order valence-corrected chi connectivity index (χ1v) is 13.7. The van der Waals surface area contributed by atoms with Gasteiger partial charge in [-0.3, -0.25) is 18.2 Å². The van der Waals surface area contributed by atoms with E-state index in [1.807, 2.05) is 0 Å². The van der Waals surface area contributed by atoms with E-state index in [1.54, 1.807) is 17.1 Å². The van der Waals surface area contributed by atoms with Crippen LogP contribution in [0.1, 0.15) is 0 Å². The van der Waals surface area contributed by atoms with E-state index >= 15 is 0 Å². The van der Waals surface area contributed by atoms with Crippen molar-refractivity contribution >= 4 is 65.5 Å². The van der Waals surface area contributed by atoms with Crippen LogP contribution >= 0.6 is 23.1 Å². The minimum atomic E-state index is -4.19. The first-order chi connectivity index (χ1) is 16.0. The van der Waals surface area contributed by atoms with Crippen molar-refractivity contribution in [1.29, 1.82) is 0 Å². The number of benzene rings is 3. The molecule has 1 aromatic heterocycles. The van der Waals surface area contributed by atoms with Crippen LogP contribution in [0.3, 0.4) is 0 Å². The van der Waals surface area contributed by atoms with Gasteiger partial charge in [-0.1, -0.05) is 17.7 Å². The molecule has 178 valence electrons. The summed E-state index contributed by atoms with van der Waals surface area (Å²) in [6.07, 6.45) is 0. The quantitative estimate of drug-likeness (QED) is 0.367. The third-order valence-electron chi connectivity index (χ3n) is 4.88. The number of methoxy groups -OCH3 is 1. The van der Waals surface area contributed by atoms with Crippen LogP contribution in [0.25, 0.3) is 10.9 Å². The highest BCUT2D eigenvalue weighted by Gasteiger charge is 2.22. The summed E-state index contributed by atoms with van der Waals surface area (Å²) in [4.78, 5) is 11.9. The van der Waals surface area contributed by atoms with Crippen molar-refractivity contribution < 1.29 is 21.6 Å². The summed E-state index contributed by atoms with van der Waals surface area (Å²) in [5.74, 6) is 0.342. The molecule has 0 aliphatic heterocycles. The lowest BCUT2D eigenvalue weighted by molar-refractivity contribution is 0.413. The number of aromatic nitrogens is 1. The molecule has 0 fully saturated rings. The Kier molecular flexibility index (Phi) is 6.34. The van der Waals surface area contributed by atoms with Gasteiger partial charge in [-0.15, -0.1) is 0 Å². The van der Waals surface area contributed by atoms with Gasteiger partial charge in [0.15, 0.2) is 0 Å². The summed E-state index contributed by atoms with van der Waals surface area (Å²) in [6, 6.07) is 14.0. The Morgan fingerprint density at radius 1 is 0.882 bits per heavy atom. The van der Waals surface area contributed by atoms with Gasteiger partial charge in [0, 0.05) is 18.1 Å². The standard InChI is InChI=1S/C21H18ClN3O6S3/c1-25-20-9-7-16(12-17(20)21(26)32-25)34(29,30)24-19-10-13(22)6-8-18(19)23-33(27,28)15-5-3-4-14(11-15)31-2/h3-12,23-24H,1-2H3. The van der Waals surface area contributed by atoms with Crippen LogP contribution in [-0.2, 0) is 27.1 Å². The van der Waals surface area contributed by atoms with E-state index in [0.717, 1.165) is 11.5 Å². The molecule has 34 heavy (non-hydrogen) atoms. The van der Waals surface area contributed by atoms with Crippen molar-refractivity contribution in [2.75, 3.05) is 16.6 Å². The lowest BCUT2D eigenvalue weighted by Gasteiger charge is -2.15. The van der Waals surface area contributed by atoms with E-state index in [-0.39, 0.29) is 36.3 Å². The molecule has 3 aromatic carbocycles. The maximum absolute atomic E-state index is 13.1. The second-order valence-electron chi connectivity index (χ2n) is 7.14. The summed E-state index contributed by atoms with van der Waals surface area (Å²) in [7, 11) is -5.16. The molecule has 0 amide bonds. The van der Waals surface area contributed by atoms with Crippen molar-refractivity contribution in [2.24, 2.45) is 7.05 Å². The smallest absolute Gasteiger partial charge is 0.262 e. The Morgan fingerprint density at radius 2 is 1.56 bits per heavy atom. The number of halogens is 1. The van der Waals surface area contributed by atoms with Crippen molar-refractivity contribution in [3.05, 3.63) is 75.2 Å². The predicted octanol–water partition coefficient (Wildman–Crippen LogP) is 3.86. The van der Waals surface area contributed by atoms with Crippen LogP contribution < -0.4 is 18.9 Å². The van der Waals surface area contributed by atoms with Crippen molar-refractivity contribution in [3.63, 3.8) is 0 Å². The van der Waals surface area contributed by atoms with Crippen LogP contribution in [-0.4, -0.2) is 27.9 Å². The number of rotatable bonds is 7. The molecule has 0 bridgehead atoms. The number of nitrogens with one attached hydrogen (secondary N) is 2. The molecule has 13 heteroatoms. The number of hydrogen-bond acceptors (Lipinski definition) is 7. The van der Waals surface area contributed by atoms with Crippen molar-refractivity contribution in [2.45, 2.75) is 9.79 Å². The van der Waals surface area contributed by atoms with Crippen LogP contribution in [0.15, 0.2) is 75.2 Å². The van der Waals surface area contributed by atoms with E-state index in [1.165, 1.54) is 61.7 Å². The highest BCUT2D eigenvalue weighted by Crippen LogP contribution is 2.31. The van der Waals surface area contributed by atoms with Crippen molar-refractivity contribution in [3.8, 4) is 5.75 Å². The van der Waals surface area contributed by atoms with Crippen LogP contribution in [0.5, 0.6) is 5.75 Å². The number of aryl methyl sites for hydroxylation is 1. The van der Waals surface area contributed by atoms with Gasteiger partial charge in [-0.25, -0.2) is 16.8 Å². The Labute approximate surface area is 204 Å². The monoisotopic (exact) mass is 539 g/mol. The maximum Gasteiger partial charge on any atom is 0.262 e. The highest BCUT2D eigenvalue weighted by molar-refractivity contribution is 7.93. The van der Waals surface area contributed by atoms with Gasteiger partial charge >= 0.3 is 0 Å². The largest absolute Gasteiger partial charge is 0.497 e. The molecule has 0 aliphatic carbocycles. The predicted molar refractivity (Wildman–Crippen MR) is 133 cm³/mol. The first kappa shape index (κ1) is 24.1. The third-order valence-corrected chi connectivity index (χ3v) is 8.70. The molecule has 0 radical (unpaired) electrons.